The molecule has 1 amide bonds. The summed E-state index contributed by atoms with van der Waals surface area (Å²) < 4.78 is 0. The van der Waals surface area contributed by atoms with Crippen molar-refractivity contribution in [1.29, 1.82) is 0 Å². The van der Waals surface area contributed by atoms with E-state index in [1.54, 1.807) is 19.9 Å². The molecule has 0 aliphatic carbocycles. The topological polar surface area (TPSA) is 95.1 Å². The second kappa shape index (κ2) is 6.01. The van der Waals surface area contributed by atoms with E-state index in [-0.39, 0.29) is 12.5 Å². The number of nitrogens with zero attached hydrogens (tertiary/aromatic N) is 1. The molecule has 3 N–H and O–H groups in total. The fourth-order valence-electron chi connectivity index (χ4n) is 1.78. The van der Waals surface area contributed by atoms with Crippen LogP contribution in [-0.2, 0) is 4.79 Å². The van der Waals surface area contributed by atoms with Gasteiger partial charge >= 0.3 is 5.97 Å². The molecule has 1 heterocycles. The molecule has 0 unspecified atom stereocenters. The summed E-state index contributed by atoms with van der Waals surface area (Å²) in [6.45, 7) is 5.15. The third-order valence-electron chi connectivity index (χ3n) is 3.44. The first-order valence-corrected chi connectivity index (χ1v) is 6.93. The molecule has 116 valence electrons. The summed E-state index contributed by atoms with van der Waals surface area (Å²) in [4.78, 5) is 23.1. The Labute approximate surface area is 128 Å². The lowest BCUT2D eigenvalue weighted by Crippen LogP contribution is -2.39. The molecule has 1 aromatic heterocycles. The van der Waals surface area contributed by atoms with Crippen molar-refractivity contribution in [2.75, 3.05) is 6.54 Å². The van der Waals surface area contributed by atoms with Crippen molar-refractivity contribution in [3.8, 4) is 11.3 Å². The lowest BCUT2D eigenvalue weighted by molar-refractivity contribution is -0.146. The summed E-state index contributed by atoms with van der Waals surface area (Å²) in [5.74, 6) is -1.34. The molecule has 2 aromatic rings. The largest absolute Gasteiger partial charge is 0.481 e. The van der Waals surface area contributed by atoms with Crippen molar-refractivity contribution in [2.24, 2.45) is 5.41 Å². The van der Waals surface area contributed by atoms with Gasteiger partial charge in [-0.25, -0.2) is 0 Å². The first-order valence-electron chi connectivity index (χ1n) is 6.93. The van der Waals surface area contributed by atoms with Gasteiger partial charge in [0.05, 0.1) is 11.1 Å². The van der Waals surface area contributed by atoms with Crippen LogP contribution in [0, 0.1) is 12.3 Å². The summed E-state index contributed by atoms with van der Waals surface area (Å²) in [5.41, 5.74) is 2.01. The molecule has 0 radical (unpaired) electrons. The fraction of sp³-hybridized carbons (Fsp3) is 0.312. The number of hydrogen-bond donors (Lipinski definition) is 3. The maximum atomic E-state index is 12.0. The molecule has 2 rings (SSSR count). The Morgan fingerprint density at radius 1 is 1.27 bits per heavy atom. The van der Waals surface area contributed by atoms with Crippen LogP contribution in [0.3, 0.4) is 0 Å². The Bertz CT molecular complexity index is 687. The molecule has 0 bridgehead atoms. The number of rotatable bonds is 5. The van der Waals surface area contributed by atoms with E-state index in [1.165, 1.54) is 0 Å². The SMILES string of the molecule is Cc1ccc(-c2cc(C(=O)NCC(C)(C)C(=O)O)[nH]n2)cc1. The number of aryl methyl sites for hydroxylation is 1. The van der Waals surface area contributed by atoms with Gasteiger partial charge in [-0.1, -0.05) is 29.8 Å². The number of aliphatic carboxylic acids is 1. The number of carbonyl (C=O) groups is 2. The number of aromatic amines is 1. The van der Waals surface area contributed by atoms with Crippen LogP contribution in [0.4, 0.5) is 0 Å². The van der Waals surface area contributed by atoms with Crippen LogP contribution in [-0.4, -0.2) is 33.7 Å². The van der Waals surface area contributed by atoms with Gasteiger partial charge in [0, 0.05) is 12.1 Å². The Kier molecular flexibility index (Phi) is 4.30. The molecule has 6 nitrogen and oxygen atoms in total. The number of amides is 1. The molecular formula is C16H19N3O3. The van der Waals surface area contributed by atoms with E-state index in [0.717, 1.165) is 11.1 Å². The predicted molar refractivity (Wildman–Crippen MR) is 82.5 cm³/mol. The molecule has 0 aliphatic rings. The molecular weight excluding hydrogens is 282 g/mol. The number of benzene rings is 1. The summed E-state index contributed by atoms with van der Waals surface area (Å²) in [6.07, 6.45) is 0. The first kappa shape index (κ1) is 15.8. The molecule has 0 fully saturated rings. The van der Waals surface area contributed by atoms with Crippen molar-refractivity contribution >= 4 is 11.9 Å². The second-order valence-electron chi connectivity index (χ2n) is 5.90. The number of carbonyl (C=O) groups excluding carboxylic acids is 1. The second-order valence-corrected chi connectivity index (χ2v) is 5.90. The van der Waals surface area contributed by atoms with Crippen molar-refractivity contribution in [1.82, 2.24) is 15.5 Å². The number of carboxylic acid groups (broad SMARTS) is 1. The van der Waals surface area contributed by atoms with E-state index in [4.69, 9.17) is 5.11 Å². The molecule has 1 aromatic carbocycles. The first-order chi connectivity index (χ1) is 10.3. The molecule has 0 atom stereocenters. The third-order valence-corrected chi connectivity index (χ3v) is 3.44. The molecule has 22 heavy (non-hydrogen) atoms. The van der Waals surface area contributed by atoms with E-state index in [1.807, 2.05) is 31.2 Å². The average Bonchev–Trinajstić information content (AvgIpc) is 2.95. The normalized spacial score (nSPS) is 11.2. The Morgan fingerprint density at radius 2 is 1.91 bits per heavy atom. The zero-order chi connectivity index (χ0) is 16.3. The van der Waals surface area contributed by atoms with Crippen molar-refractivity contribution in [2.45, 2.75) is 20.8 Å². The van der Waals surface area contributed by atoms with Gasteiger partial charge in [0.25, 0.3) is 5.91 Å². The zero-order valence-electron chi connectivity index (χ0n) is 12.8. The molecule has 0 saturated heterocycles. The van der Waals surface area contributed by atoms with Crippen molar-refractivity contribution < 1.29 is 14.7 Å². The molecule has 0 spiro atoms. The van der Waals surface area contributed by atoms with Crippen LogP contribution in [0.1, 0.15) is 29.9 Å². The van der Waals surface area contributed by atoms with Crippen molar-refractivity contribution in [3.05, 3.63) is 41.6 Å². The Balaban J connectivity index is 2.06. The van der Waals surface area contributed by atoms with Gasteiger partial charge in [-0.3, -0.25) is 14.7 Å². The maximum Gasteiger partial charge on any atom is 0.310 e. The van der Waals surface area contributed by atoms with Gasteiger partial charge in [0.2, 0.25) is 0 Å². The highest BCUT2D eigenvalue weighted by Gasteiger charge is 2.28. The third kappa shape index (κ3) is 3.52. The van der Waals surface area contributed by atoms with Gasteiger partial charge in [0.1, 0.15) is 5.69 Å². The molecule has 0 aliphatic heterocycles. The highest BCUT2D eigenvalue weighted by Crippen LogP contribution is 2.18. The minimum atomic E-state index is -1.02. The molecule has 6 heteroatoms. The van der Waals surface area contributed by atoms with Crippen LogP contribution >= 0.6 is 0 Å². The smallest absolute Gasteiger partial charge is 0.310 e. The summed E-state index contributed by atoms with van der Waals surface area (Å²) in [5, 5.41) is 18.4. The van der Waals surface area contributed by atoms with Gasteiger partial charge < -0.3 is 10.4 Å². The fourth-order valence-corrected chi connectivity index (χ4v) is 1.78. The number of H-pyrrole nitrogens is 1. The van der Waals surface area contributed by atoms with Crippen LogP contribution in [0.2, 0.25) is 0 Å². The van der Waals surface area contributed by atoms with E-state index < -0.39 is 11.4 Å². The number of nitrogens with one attached hydrogen (secondary N) is 2. The minimum Gasteiger partial charge on any atom is -0.481 e. The van der Waals surface area contributed by atoms with E-state index in [2.05, 4.69) is 15.5 Å². The summed E-state index contributed by atoms with van der Waals surface area (Å²) in [7, 11) is 0. The van der Waals surface area contributed by atoms with Gasteiger partial charge in [0.15, 0.2) is 0 Å². The monoisotopic (exact) mass is 301 g/mol. The quantitative estimate of drug-likeness (QED) is 0.789. The molecule has 0 saturated carbocycles. The van der Waals surface area contributed by atoms with Crippen LogP contribution in [0.5, 0.6) is 0 Å². The summed E-state index contributed by atoms with van der Waals surface area (Å²) in [6, 6.07) is 9.45. The lowest BCUT2D eigenvalue weighted by atomic mass is 9.94. The van der Waals surface area contributed by atoms with Gasteiger partial charge in [-0.05, 0) is 26.8 Å². The van der Waals surface area contributed by atoms with E-state index >= 15 is 0 Å². The number of carboxylic acids is 1. The number of aromatic nitrogens is 2. The highest BCUT2D eigenvalue weighted by molar-refractivity contribution is 5.93. The number of hydrogen-bond acceptors (Lipinski definition) is 3. The Morgan fingerprint density at radius 3 is 2.50 bits per heavy atom. The standard InChI is InChI=1S/C16H19N3O3/c1-10-4-6-11(7-5-10)12-8-13(19-18-12)14(20)17-9-16(2,3)15(21)22/h4-8H,9H2,1-3H3,(H,17,20)(H,18,19)(H,21,22). The predicted octanol–water partition coefficient (Wildman–Crippen LogP) is 2.23. The maximum absolute atomic E-state index is 12.0. The zero-order valence-corrected chi connectivity index (χ0v) is 12.8. The average molecular weight is 301 g/mol. The van der Waals surface area contributed by atoms with Crippen LogP contribution in [0.15, 0.2) is 30.3 Å². The van der Waals surface area contributed by atoms with Gasteiger partial charge in [-0.2, -0.15) is 5.10 Å². The summed E-state index contributed by atoms with van der Waals surface area (Å²) >= 11 is 0. The lowest BCUT2D eigenvalue weighted by Gasteiger charge is -2.18. The minimum absolute atomic E-state index is 0.0417. The van der Waals surface area contributed by atoms with Crippen LogP contribution < -0.4 is 5.32 Å². The van der Waals surface area contributed by atoms with Crippen LogP contribution in [0.25, 0.3) is 11.3 Å². The van der Waals surface area contributed by atoms with Gasteiger partial charge in [-0.15, -0.1) is 0 Å². The highest BCUT2D eigenvalue weighted by atomic mass is 16.4. The van der Waals surface area contributed by atoms with E-state index in [0.29, 0.717) is 11.4 Å². The van der Waals surface area contributed by atoms with E-state index in [9.17, 15) is 9.59 Å². The van der Waals surface area contributed by atoms with Crippen molar-refractivity contribution in [3.63, 3.8) is 0 Å². The Hall–Kier alpha value is -2.63.